The van der Waals surface area contributed by atoms with E-state index in [9.17, 15) is 17.6 Å². The number of carbonyl (C=O) groups is 1. The van der Waals surface area contributed by atoms with Gasteiger partial charge in [0.25, 0.3) is 0 Å². The van der Waals surface area contributed by atoms with Crippen LogP contribution in [0.2, 0.25) is 5.02 Å². The fraction of sp³-hybridized carbons (Fsp3) is 0.350. The second kappa shape index (κ2) is 9.00. The molecule has 0 saturated carbocycles. The zero-order valence-corrected chi connectivity index (χ0v) is 18.9. The van der Waals surface area contributed by atoms with Gasteiger partial charge in [-0.15, -0.1) is 0 Å². The number of nitrogens with zero attached hydrogens (tertiary/aromatic N) is 5. The van der Waals surface area contributed by atoms with Crippen molar-refractivity contribution in [2.75, 3.05) is 18.4 Å². The summed E-state index contributed by atoms with van der Waals surface area (Å²) in [5.41, 5.74) is 0.438. The minimum Gasteiger partial charge on any atom is -0.308 e. The highest BCUT2D eigenvalue weighted by atomic mass is 35.5. The molecule has 0 aliphatic carbocycles. The number of hydrogen-bond acceptors (Lipinski definition) is 5. The first-order valence-corrected chi connectivity index (χ1v) is 11.8. The molecular weight excluding hydrogens is 459 g/mol. The van der Waals surface area contributed by atoms with Gasteiger partial charge in [0, 0.05) is 38.1 Å². The number of piperidine rings is 1. The summed E-state index contributed by atoms with van der Waals surface area (Å²) in [4.78, 5) is 12.9. The van der Waals surface area contributed by atoms with E-state index in [-0.39, 0.29) is 40.5 Å². The van der Waals surface area contributed by atoms with Gasteiger partial charge in [0.2, 0.25) is 15.9 Å². The smallest absolute Gasteiger partial charge is 0.246 e. The summed E-state index contributed by atoms with van der Waals surface area (Å²) in [5, 5.41) is 11.1. The molecule has 1 N–H and O–H groups in total. The van der Waals surface area contributed by atoms with Crippen molar-refractivity contribution in [1.82, 2.24) is 23.9 Å². The summed E-state index contributed by atoms with van der Waals surface area (Å²) in [6.07, 6.45) is 5.32. The number of rotatable bonds is 6. The molecule has 1 amide bonds. The van der Waals surface area contributed by atoms with Crippen LogP contribution in [0, 0.1) is 11.7 Å². The average Bonchev–Trinajstić information content (AvgIpc) is 3.35. The first-order chi connectivity index (χ1) is 15.2. The monoisotopic (exact) mass is 480 g/mol. The highest BCUT2D eigenvalue weighted by Crippen LogP contribution is 2.26. The van der Waals surface area contributed by atoms with Crippen molar-refractivity contribution in [1.29, 1.82) is 0 Å². The van der Waals surface area contributed by atoms with Crippen molar-refractivity contribution >= 4 is 33.3 Å². The predicted molar refractivity (Wildman–Crippen MR) is 116 cm³/mol. The molecule has 2 aromatic heterocycles. The molecule has 0 spiro atoms. The zero-order valence-electron chi connectivity index (χ0n) is 17.3. The number of aryl methyl sites for hydroxylation is 1. The van der Waals surface area contributed by atoms with E-state index in [2.05, 4.69) is 15.5 Å². The minimum atomic E-state index is -3.73. The fourth-order valence-corrected chi connectivity index (χ4v) is 5.35. The van der Waals surface area contributed by atoms with Crippen LogP contribution in [0.4, 0.5) is 10.2 Å². The molecule has 0 unspecified atom stereocenters. The molecule has 1 aliphatic rings. The van der Waals surface area contributed by atoms with E-state index >= 15 is 0 Å². The van der Waals surface area contributed by atoms with Crippen LogP contribution in [-0.4, -0.2) is 51.3 Å². The van der Waals surface area contributed by atoms with Crippen LogP contribution >= 0.6 is 11.6 Å². The third-order valence-electron chi connectivity index (χ3n) is 5.32. The molecular formula is C20H22ClFN6O3S. The Balaban J connectivity index is 1.44. The highest BCUT2D eigenvalue weighted by molar-refractivity contribution is 7.89. The second-order valence-electron chi connectivity index (χ2n) is 7.66. The van der Waals surface area contributed by atoms with Gasteiger partial charge in [-0.05, 0) is 18.9 Å². The van der Waals surface area contributed by atoms with Crippen molar-refractivity contribution in [2.45, 2.75) is 24.3 Å². The van der Waals surface area contributed by atoms with E-state index in [4.69, 9.17) is 11.6 Å². The van der Waals surface area contributed by atoms with Crippen molar-refractivity contribution in [2.24, 2.45) is 13.0 Å². The summed E-state index contributed by atoms with van der Waals surface area (Å²) in [6, 6.07) is 6.32. The van der Waals surface area contributed by atoms with Gasteiger partial charge >= 0.3 is 0 Å². The first-order valence-electron chi connectivity index (χ1n) is 10.00. The van der Waals surface area contributed by atoms with Crippen molar-refractivity contribution in [3.63, 3.8) is 0 Å². The Kier molecular flexibility index (Phi) is 6.31. The first kappa shape index (κ1) is 22.4. The Hall–Kier alpha value is -2.76. The Labute approximate surface area is 189 Å². The number of carbonyl (C=O) groups excluding carboxylic acids is 1. The van der Waals surface area contributed by atoms with Crippen molar-refractivity contribution in [3.8, 4) is 0 Å². The molecule has 0 radical (unpaired) electrons. The number of anilines is 1. The lowest BCUT2D eigenvalue weighted by Gasteiger charge is -2.30. The number of nitrogens with one attached hydrogen (secondary N) is 1. The van der Waals surface area contributed by atoms with Crippen LogP contribution in [-0.2, 0) is 28.4 Å². The van der Waals surface area contributed by atoms with Crippen LogP contribution in [0.1, 0.15) is 18.4 Å². The van der Waals surface area contributed by atoms with Crippen LogP contribution in [0.3, 0.4) is 0 Å². The quantitative estimate of drug-likeness (QED) is 0.584. The Morgan fingerprint density at radius 1 is 1.31 bits per heavy atom. The van der Waals surface area contributed by atoms with Crippen LogP contribution in [0.25, 0.3) is 0 Å². The van der Waals surface area contributed by atoms with Gasteiger partial charge in [-0.2, -0.15) is 14.5 Å². The summed E-state index contributed by atoms with van der Waals surface area (Å²) in [7, 11) is -2.10. The molecule has 1 saturated heterocycles. The van der Waals surface area contributed by atoms with Crippen molar-refractivity contribution < 1.29 is 17.6 Å². The van der Waals surface area contributed by atoms with Gasteiger partial charge in [0.05, 0.1) is 18.7 Å². The topological polar surface area (TPSA) is 102 Å². The van der Waals surface area contributed by atoms with Gasteiger partial charge in [0.1, 0.15) is 15.7 Å². The molecule has 1 atom stereocenters. The molecule has 3 heterocycles. The van der Waals surface area contributed by atoms with E-state index in [0.717, 1.165) is 0 Å². The summed E-state index contributed by atoms with van der Waals surface area (Å²) in [5.74, 6) is -1.13. The predicted octanol–water partition coefficient (Wildman–Crippen LogP) is 2.50. The van der Waals surface area contributed by atoms with Crippen LogP contribution in [0.15, 0.2) is 47.8 Å². The maximum Gasteiger partial charge on any atom is 0.246 e. The van der Waals surface area contributed by atoms with E-state index < -0.39 is 15.9 Å². The molecule has 1 aliphatic heterocycles. The number of aromatic nitrogens is 4. The normalized spacial score (nSPS) is 17.4. The fourth-order valence-electron chi connectivity index (χ4n) is 3.64. The summed E-state index contributed by atoms with van der Waals surface area (Å²) >= 11 is 6.21. The Morgan fingerprint density at radius 2 is 2.09 bits per heavy atom. The number of hydrogen-bond donors (Lipinski definition) is 1. The third kappa shape index (κ3) is 4.69. The largest absolute Gasteiger partial charge is 0.308 e. The SMILES string of the molecule is Cn1cc(S(=O)(=O)N2CCC[C@@H](C(=O)Nc3nn(Cc4ccccc4F)cc3Cl)C2)cn1. The van der Waals surface area contributed by atoms with Gasteiger partial charge in [-0.3, -0.25) is 14.2 Å². The van der Waals surface area contributed by atoms with Crippen molar-refractivity contribution in [3.05, 3.63) is 59.3 Å². The molecule has 1 fully saturated rings. The molecule has 1 aromatic carbocycles. The second-order valence-corrected chi connectivity index (χ2v) is 10.0. The molecule has 32 heavy (non-hydrogen) atoms. The van der Waals surface area contributed by atoms with E-state index in [0.29, 0.717) is 24.9 Å². The molecule has 9 nitrogen and oxygen atoms in total. The maximum absolute atomic E-state index is 13.9. The molecule has 0 bridgehead atoms. The van der Waals surface area contributed by atoms with Gasteiger partial charge in [-0.1, -0.05) is 29.8 Å². The lowest BCUT2D eigenvalue weighted by atomic mass is 9.99. The number of benzene rings is 1. The number of halogens is 2. The maximum atomic E-state index is 13.9. The standard InChI is InChI=1S/C20H22ClFN6O3S/c1-26-12-16(9-23-26)32(30,31)28-8-4-6-15(11-28)20(29)24-19-17(21)13-27(25-19)10-14-5-2-3-7-18(14)22/h2-3,5,7,9,12-13,15H,4,6,8,10-11H2,1H3,(H,24,25,29)/t15-/m1/s1. The third-order valence-corrected chi connectivity index (χ3v) is 7.42. The lowest BCUT2D eigenvalue weighted by molar-refractivity contribution is -0.120. The number of sulfonamides is 1. The molecule has 4 rings (SSSR count). The van der Waals surface area contributed by atoms with Gasteiger partial charge in [0.15, 0.2) is 5.82 Å². The summed E-state index contributed by atoms with van der Waals surface area (Å²) < 4.78 is 43.8. The van der Waals surface area contributed by atoms with E-state index in [1.165, 1.54) is 38.3 Å². The van der Waals surface area contributed by atoms with E-state index in [1.54, 1.807) is 25.2 Å². The lowest BCUT2D eigenvalue weighted by Crippen LogP contribution is -2.43. The van der Waals surface area contributed by atoms with E-state index in [1.807, 2.05) is 0 Å². The van der Waals surface area contributed by atoms with Crippen LogP contribution in [0.5, 0.6) is 0 Å². The average molecular weight is 481 g/mol. The molecule has 170 valence electrons. The zero-order chi connectivity index (χ0) is 22.9. The minimum absolute atomic E-state index is 0.0522. The molecule has 12 heteroatoms. The molecule has 3 aromatic rings. The van der Waals surface area contributed by atoms with Crippen LogP contribution < -0.4 is 5.32 Å². The number of amides is 1. The van der Waals surface area contributed by atoms with Gasteiger partial charge < -0.3 is 5.32 Å². The summed E-state index contributed by atoms with van der Waals surface area (Å²) in [6.45, 7) is 0.540. The van der Waals surface area contributed by atoms with Gasteiger partial charge in [-0.25, -0.2) is 12.8 Å². The Bertz CT molecular complexity index is 1240. The highest BCUT2D eigenvalue weighted by Gasteiger charge is 2.34. The Morgan fingerprint density at radius 3 is 2.81 bits per heavy atom.